The molecule has 2 radical (unpaired) electrons. The quantitative estimate of drug-likeness (QED) is 0.607. The second-order valence-corrected chi connectivity index (χ2v) is 8.93. The maximum Gasteiger partial charge on any atom is 0.286 e. The molecule has 4 bridgehead atoms. The maximum absolute atomic E-state index is 2.26. The summed E-state index contributed by atoms with van der Waals surface area (Å²) in [6, 6.07) is 0. The van der Waals surface area contributed by atoms with Crippen molar-refractivity contribution in [2.45, 2.75) is 51.4 Å². The number of hydrogen-bond acceptors (Lipinski definition) is 2. The zero-order valence-corrected chi connectivity index (χ0v) is 12.4. The highest BCUT2D eigenvalue weighted by molar-refractivity contribution is 7.94. The Morgan fingerprint density at radius 2 is 0.667 bits per heavy atom. The Morgan fingerprint density at radius 1 is 0.444 bits per heavy atom. The number of thioether (sulfide) groups is 2. The molecule has 0 aromatic rings. The molecule has 7 aliphatic rings. The topological polar surface area (TPSA) is 0 Å². The van der Waals surface area contributed by atoms with E-state index in [1.807, 2.05) is 19.6 Å². The Balaban J connectivity index is 1.57. The fraction of sp³-hybridized carbons (Fsp3) is 0.750. The van der Waals surface area contributed by atoms with Crippen LogP contribution in [-0.2, 0) is 23.5 Å². The molecule has 1 aliphatic heterocycles. The maximum atomic E-state index is 2.26. The van der Waals surface area contributed by atoms with Crippen molar-refractivity contribution in [2.75, 3.05) is 0 Å². The van der Waals surface area contributed by atoms with E-state index in [0.29, 0.717) is 0 Å². The van der Waals surface area contributed by atoms with E-state index in [1.165, 1.54) is 51.4 Å². The van der Waals surface area contributed by atoms with Crippen molar-refractivity contribution < 1.29 is 0 Å². The molecule has 2 fully saturated rings. The monoisotopic (exact) mass is 276 g/mol. The van der Waals surface area contributed by atoms with Crippen LogP contribution in [0.1, 0.15) is 51.4 Å². The van der Waals surface area contributed by atoms with Crippen LogP contribution in [0.4, 0.5) is 0 Å². The van der Waals surface area contributed by atoms with Gasteiger partial charge in [-0.3, -0.25) is 0 Å². The Hall–Kier alpha value is 0.180. The molecule has 7 rings (SSSR count). The average Bonchev–Trinajstić information content (AvgIpc) is 2.48. The lowest BCUT2D eigenvalue weighted by molar-refractivity contribution is 0.309. The van der Waals surface area contributed by atoms with Gasteiger partial charge in [0.25, 0.3) is 23.5 Å². The minimum Gasteiger partial charge on any atom is -0.0409 e. The van der Waals surface area contributed by atoms with Crippen LogP contribution in [0, 0.1) is 23.7 Å². The molecular weight excluding hydrogens is 256 g/mol. The molecule has 0 amide bonds. The van der Waals surface area contributed by atoms with Gasteiger partial charge in [0.15, 0.2) is 0 Å². The first-order valence-corrected chi connectivity index (χ1v) is 9.37. The predicted octanol–water partition coefficient (Wildman–Crippen LogP) is 4.23. The minimum absolute atomic E-state index is 0.956. The molecule has 6 aliphatic carbocycles. The van der Waals surface area contributed by atoms with Crippen LogP contribution < -0.4 is 0 Å². The second kappa shape index (κ2) is 3.85. The largest absolute Gasteiger partial charge is 0.286 e. The fourth-order valence-corrected chi connectivity index (χ4v) is 8.46. The van der Waals surface area contributed by atoms with Crippen molar-refractivity contribution in [3.63, 3.8) is 0 Å². The third-order valence-corrected chi connectivity index (χ3v) is 9.21. The zero-order chi connectivity index (χ0) is 11.7. The van der Waals surface area contributed by atoms with Gasteiger partial charge in [0, 0.05) is 23.7 Å². The summed E-state index contributed by atoms with van der Waals surface area (Å²) in [6.45, 7) is 0. The Morgan fingerprint density at radius 3 is 0.889 bits per heavy atom. The molecule has 0 N–H and O–H groups in total. The lowest BCUT2D eigenvalue weighted by Crippen LogP contribution is -2.36. The van der Waals surface area contributed by atoms with E-state index in [-0.39, 0.29) is 0 Å². The van der Waals surface area contributed by atoms with Gasteiger partial charge in [-0.15, -0.1) is 0 Å². The molecule has 0 saturated heterocycles. The van der Waals surface area contributed by atoms with Crippen molar-refractivity contribution >= 4 is 23.5 Å². The van der Waals surface area contributed by atoms with Gasteiger partial charge in [0.2, 0.25) is 19.6 Å². The molecule has 94 valence electrons. The smallest absolute Gasteiger partial charge is 0.0409 e. The molecule has 0 unspecified atom stereocenters. The molecule has 0 atom stereocenters. The van der Waals surface area contributed by atoms with Crippen LogP contribution >= 0.6 is 0 Å². The van der Waals surface area contributed by atoms with Gasteiger partial charge in [0.1, 0.15) is 0 Å². The Kier molecular flexibility index (Phi) is 2.33. The normalized spacial score (nSPS) is 45.3. The first-order valence-electron chi connectivity index (χ1n) is 7.74. The van der Waals surface area contributed by atoms with Crippen LogP contribution in [-0.4, -0.2) is 0 Å². The molecule has 0 aromatic carbocycles. The Labute approximate surface area is 118 Å². The number of rotatable bonds is 0. The van der Waals surface area contributed by atoms with E-state index >= 15 is 0 Å². The summed E-state index contributed by atoms with van der Waals surface area (Å²) >= 11 is 4.53. The van der Waals surface area contributed by atoms with Crippen molar-refractivity contribution in [2.24, 2.45) is 23.7 Å². The van der Waals surface area contributed by atoms with E-state index in [1.54, 1.807) is 0 Å². The van der Waals surface area contributed by atoms with E-state index in [4.69, 9.17) is 0 Å². The lowest BCUT2D eigenvalue weighted by atomic mass is 9.75. The van der Waals surface area contributed by atoms with E-state index in [0.717, 1.165) is 23.7 Å². The molecule has 2 saturated carbocycles. The van der Waals surface area contributed by atoms with Crippen molar-refractivity contribution in [3.8, 4) is 0 Å². The van der Waals surface area contributed by atoms with Gasteiger partial charge in [-0.2, -0.15) is 0 Å². The van der Waals surface area contributed by atoms with E-state index in [9.17, 15) is 0 Å². The summed E-state index contributed by atoms with van der Waals surface area (Å²) in [6.07, 6.45) is 12.0. The van der Waals surface area contributed by atoms with Crippen molar-refractivity contribution in [1.29, 1.82) is 0 Å². The number of allylic oxidation sites excluding steroid dienone is 4. The number of hydrogen-bond donors (Lipinski definition) is 0. The minimum atomic E-state index is 0.956. The summed E-state index contributed by atoms with van der Waals surface area (Å²) in [5.74, 6) is 3.82. The molecule has 0 aromatic heterocycles. The van der Waals surface area contributed by atoms with E-state index in [2.05, 4.69) is 23.5 Å². The summed E-state index contributed by atoms with van der Waals surface area (Å²) in [7, 11) is 0. The van der Waals surface area contributed by atoms with E-state index < -0.39 is 0 Å². The fourth-order valence-electron chi connectivity index (χ4n) is 4.81. The zero-order valence-electron chi connectivity index (χ0n) is 10.8. The molecule has 1 heterocycles. The van der Waals surface area contributed by atoms with Crippen LogP contribution in [0.3, 0.4) is 0 Å². The second-order valence-electron chi connectivity index (χ2n) is 6.76. The first-order chi connectivity index (χ1) is 8.90. The van der Waals surface area contributed by atoms with Crippen LogP contribution in [0.15, 0.2) is 19.6 Å². The van der Waals surface area contributed by atoms with Gasteiger partial charge in [-0.1, -0.05) is 0 Å². The highest BCUT2D eigenvalue weighted by Crippen LogP contribution is 2.56. The Bertz CT molecular complexity index is 373. The molecule has 0 spiro atoms. The van der Waals surface area contributed by atoms with Gasteiger partial charge in [-0.25, -0.2) is 0 Å². The molecule has 0 nitrogen and oxygen atoms in total. The van der Waals surface area contributed by atoms with Gasteiger partial charge < -0.3 is 0 Å². The highest BCUT2D eigenvalue weighted by Gasteiger charge is 2.60. The summed E-state index contributed by atoms with van der Waals surface area (Å²) < 4.78 is 0. The molecule has 2 heteroatoms. The summed E-state index contributed by atoms with van der Waals surface area (Å²) in [5, 5.41) is 0. The van der Waals surface area contributed by atoms with Crippen LogP contribution in [0.5, 0.6) is 0 Å². The summed E-state index contributed by atoms with van der Waals surface area (Å²) in [5.41, 5.74) is 0. The third kappa shape index (κ3) is 1.37. The average molecular weight is 276 g/mol. The molecule has 18 heavy (non-hydrogen) atoms. The van der Waals surface area contributed by atoms with Crippen molar-refractivity contribution in [1.82, 2.24) is 0 Å². The van der Waals surface area contributed by atoms with Crippen LogP contribution in [0.2, 0.25) is 0 Å². The first kappa shape index (κ1) is 10.9. The third-order valence-electron chi connectivity index (χ3n) is 5.86. The lowest BCUT2D eigenvalue weighted by Gasteiger charge is -2.36. The SMILES string of the molecule is C1CC2CCC1C1=C2[S+]C2=C([S+]1)C1CCC2CC1. The highest BCUT2D eigenvalue weighted by atomic mass is 32.2. The van der Waals surface area contributed by atoms with Gasteiger partial charge in [-0.05, 0) is 51.4 Å². The standard InChI is InChI=1S/C16H20S2/c1-2-10-4-3-9(1)13-14(10)18-16-12-7-5-11(6-8-12)15(16)17-13/h9-12H,1-8H2/q+2. The van der Waals surface area contributed by atoms with Gasteiger partial charge in [0.05, 0.1) is 0 Å². The predicted molar refractivity (Wildman–Crippen MR) is 79.7 cm³/mol. The van der Waals surface area contributed by atoms with Crippen molar-refractivity contribution in [3.05, 3.63) is 19.6 Å². The molecular formula is C16H20S2+2. The number of fused-ring (bicyclic) bond motifs is 4. The summed E-state index contributed by atoms with van der Waals surface area (Å²) in [4.78, 5) is 7.37. The van der Waals surface area contributed by atoms with Gasteiger partial charge >= 0.3 is 0 Å². The van der Waals surface area contributed by atoms with Crippen LogP contribution in [0.25, 0.3) is 0 Å².